The Bertz CT molecular complexity index is 1110. The minimum absolute atomic E-state index is 0.00621. The number of rotatable bonds is 7. The number of carbonyl (C=O) groups is 1. The maximum atomic E-state index is 12.3. The largest absolute Gasteiger partial charge is 0.326 e. The molecule has 2 N–H and O–H groups in total. The highest BCUT2D eigenvalue weighted by Crippen LogP contribution is 2.34. The van der Waals surface area contributed by atoms with Crippen molar-refractivity contribution in [2.75, 3.05) is 23.1 Å². The lowest BCUT2D eigenvalue weighted by Gasteiger charge is -2.37. The van der Waals surface area contributed by atoms with Crippen molar-refractivity contribution in [2.45, 2.75) is 23.0 Å². The predicted octanol–water partition coefficient (Wildman–Crippen LogP) is 0.640. The van der Waals surface area contributed by atoms with E-state index in [4.69, 9.17) is 0 Å². The second kappa shape index (κ2) is 7.35. The van der Waals surface area contributed by atoms with Gasteiger partial charge in [0, 0.05) is 31.2 Å². The number of sulfonamides is 2. The van der Waals surface area contributed by atoms with Crippen LogP contribution >= 0.6 is 0 Å². The van der Waals surface area contributed by atoms with E-state index in [1.165, 1.54) is 41.0 Å². The van der Waals surface area contributed by atoms with E-state index in [9.17, 15) is 21.6 Å². The first-order valence-corrected chi connectivity index (χ1v) is 11.9. The van der Waals surface area contributed by atoms with Crippen LogP contribution in [0.25, 0.3) is 0 Å². The van der Waals surface area contributed by atoms with Crippen LogP contribution in [0.15, 0.2) is 47.6 Å². The van der Waals surface area contributed by atoms with Crippen molar-refractivity contribution in [3.8, 4) is 0 Å². The number of aromatic nitrogens is 2. The van der Waals surface area contributed by atoms with E-state index >= 15 is 0 Å². The van der Waals surface area contributed by atoms with E-state index in [2.05, 4.69) is 20.0 Å². The fraction of sp³-hybridized carbons (Fsp3) is 0.353. The van der Waals surface area contributed by atoms with Crippen molar-refractivity contribution >= 4 is 37.6 Å². The second-order valence-corrected chi connectivity index (χ2v) is 10.8. The molecular formula is C17H19N5O5S2. The Kier molecular flexibility index (Phi) is 5.00. The number of anilines is 2. The molecule has 154 valence electrons. The Hall–Kier alpha value is -2.57. The first-order valence-electron chi connectivity index (χ1n) is 8.95. The van der Waals surface area contributed by atoms with Crippen LogP contribution in [0, 0.1) is 5.92 Å². The van der Waals surface area contributed by atoms with Crippen LogP contribution in [-0.4, -0.2) is 55.4 Å². The summed E-state index contributed by atoms with van der Waals surface area (Å²) in [5, 5.41) is 2.41. The zero-order valence-corrected chi connectivity index (χ0v) is 16.9. The minimum atomic E-state index is -3.86. The minimum Gasteiger partial charge on any atom is -0.326 e. The Morgan fingerprint density at radius 2 is 1.62 bits per heavy atom. The van der Waals surface area contributed by atoms with Crippen molar-refractivity contribution in [3.63, 3.8) is 0 Å². The highest BCUT2D eigenvalue weighted by Gasteiger charge is 2.46. The molecule has 1 aliphatic heterocycles. The van der Waals surface area contributed by atoms with E-state index < -0.39 is 26.0 Å². The smallest absolute Gasteiger partial charge is 0.264 e. The SMILES string of the molecule is O=C(Nc1ccc(S(=O)(=O)Nc2ncccn2)cc1)C1CN(S(=O)(=O)C2CC2)C1. The van der Waals surface area contributed by atoms with E-state index in [1.54, 1.807) is 6.07 Å². The molecule has 2 fully saturated rings. The average Bonchev–Trinajstić information content (AvgIpc) is 3.47. The van der Waals surface area contributed by atoms with E-state index in [0.717, 1.165) is 0 Å². The van der Waals surface area contributed by atoms with Gasteiger partial charge in [-0.2, -0.15) is 4.31 Å². The van der Waals surface area contributed by atoms with Gasteiger partial charge in [0.15, 0.2) is 0 Å². The number of carbonyl (C=O) groups excluding carboxylic acids is 1. The van der Waals surface area contributed by atoms with Gasteiger partial charge in [-0.15, -0.1) is 0 Å². The highest BCUT2D eigenvalue weighted by molar-refractivity contribution is 7.92. The molecule has 0 radical (unpaired) electrons. The molecule has 1 aromatic carbocycles. The number of benzene rings is 1. The third-order valence-corrected chi connectivity index (χ3v) is 8.42. The van der Waals surface area contributed by atoms with Gasteiger partial charge in [0.05, 0.1) is 16.1 Å². The lowest BCUT2D eigenvalue weighted by atomic mass is 10.0. The molecule has 0 spiro atoms. The summed E-state index contributed by atoms with van der Waals surface area (Å²) in [4.78, 5) is 19.9. The van der Waals surface area contributed by atoms with Crippen LogP contribution in [-0.2, 0) is 24.8 Å². The molecule has 2 heterocycles. The summed E-state index contributed by atoms with van der Waals surface area (Å²) in [6.45, 7) is 0.357. The van der Waals surface area contributed by atoms with Gasteiger partial charge < -0.3 is 5.32 Å². The summed E-state index contributed by atoms with van der Waals surface area (Å²) in [6, 6.07) is 7.21. The molecule has 1 saturated carbocycles. The molecule has 1 aliphatic carbocycles. The predicted molar refractivity (Wildman–Crippen MR) is 105 cm³/mol. The molecule has 2 aliphatic rings. The maximum Gasteiger partial charge on any atom is 0.264 e. The van der Waals surface area contributed by atoms with Crippen LogP contribution in [0.1, 0.15) is 12.8 Å². The van der Waals surface area contributed by atoms with Gasteiger partial charge in [-0.25, -0.2) is 31.5 Å². The van der Waals surface area contributed by atoms with Crippen LogP contribution in [0.5, 0.6) is 0 Å². The molecule has 0 atom stereocenters. The normalized spacial score (nSPS) is 18.1. The zero-order valence-electron chi connectivity index (χ0n) is 15.2. The van der Waals surface area contributed by atoms with Crippen molar-refractivity contribution < 1.29 is 21.6 Å². The van der Waals surface area contributed by atoms with Crippen LogP contribution in [0.2, 0.25) is 0 Å². The zero-order chi connectivity index (χ0) is 20.6. The standard InChI is InChI=1S/C17H19N5O5S2/c23-16(12-10-22(11-12)29(26,27)15-6-7-15)20-13-2-4-14(5-3-13)28(24,25)21-17-18-8-1-9-19-17/h1-5,8-9,12,15H,6-7,10-11H2,(H,20,23)(H,18,19,21). The number of nitrogens with zero attached hydrogens (tertiary/aromatic N) is 3. The third-order valence-electron chi connectivity index (χ3n) is 4.75. The van der Waals surface area contributed by atoms with Gasteiger partial charge in [-0.1, -0.05) is 0 Å². The Morgan fingerprint density at radius 1 is 1.00 bits per heavy atom. The monoisotopic (exact) mass is 437 g/mol. The molecule has 0 bridgehead atoms. The Labute approximate surface area is 168 Å². The van der Waals surface area contributed by atoms with Crippen LogP contribution in [0.3, 0.4) is 0 Å². The van der Waals surface area contributed by atoms with E-state index in [1.807, 2.05) is 0 Å². The van der Waals surface area contributed by atoms with Crippen molar-refractivity contribution in [3.05, 3.63) is 42.7 Å². The van der Waals surface area contributed by atoms with Gasteiger partial charge >= 0.3 is 0 Å². The molecule has 12 heteroatoms. The average molecular weight is 438 g/mol. The summed E-state index contributed by atoms with van der Waals surface area (Å²) in [5.74, 6) is -0.747. The number of hydrogen-bond donors (Lipinski definition) is 2. The summed E-state index contributed by atoms with van der Waals surface area (Å²) < 4.78 is 52.5. The van der Waals surface area contributed by atoms with Crippen molar-refractivity contribution in [1.29, 1.82) is 0 Å². The Balaban J connectivity index is 1.34. The number of amides is 1. The third kappa shape index (κ3) is 4.23. The lowest BCUT2D eigenvalue weighted by Crippen LogP contribution is -2.55. The van der Waals surface area contributed by atoms with E-state index in [-0.39, 0.29) is 35.1 Å². The Morgan fingerprint density at radius 3 is 2.21 bits per heavy atom. The van der Waals surface area contributed by atoms with E-state index in [0.29, 0.717) is 18.5 Å². The first-order chi connectivity index (χ1) is 13.8. The first kappa shape index (κ1) is 19.7. The summed E-state index contributed by atoms with van der Waals surface area (Å²) >= 11 is 0. The van der Waals surface area contributed by atoms with Crippen LogP contribution < -0.4 is 10.0 Å². The van der Waals surface area contributed by atoms with Gasteiger partial charge in [0.25, 0.3) is 10.0 Å². The summed E-state index contributed by atoms with van der Waals surface area (Å²) in [6.07, 6.45) is 4.22. The molecule has 1 aromatic heterocycles. The fourth-order valence-corrected chi connectivity index (χ4v) is 5.77. The molecule has 29 heavy (non-hydrogen) atoms. The molecule has 4 rings (SSSR count). The van der Waals surface area contributed by atoms with Crippen molar-refractivity contribution in [2.24, 2.45) is 5.92 Å². The molecular weight excluding hydrogens is 418 g/mol. The molecule has 0 unspecified atom stereocenters. The molecule has 1 amide bonds. The van der Waals surface area contributed by atoms with Crippen molar-refractivity contribution in [1.82, 2.24) is 14.3 Å². The topological polar surface area (TPSA) is 138 Å². The quantitative estimate of drug-likeness (QED) is 0.648. The van der Waals surface area contributed by atoms with Gasteiger partial charge in [-0.05, 0) is 43.2 Å². The fourth-order valence-electron chi connectivity index (χ4n) is 2.88. The molecule has 10 nitrogen and oxygen atoms in total. The van der Waals surface area contributed by atoms with Gasteiger partial charge in [-0.3, -0.25) is 4.79 Å². The number of nitrogens with one attached hydrogen (secondary N) is 2. The number of hydrogen-bond acceptors (Lipinski definition) is 7. The van der Waals surface area contributed by atoms with Gasteiger partial charge in [0.2, 0.25) is 21.9 Å². The molecule has 2 aromatic rings. The summed E-state index contributed by atoms with van der Waals surface area (Å²) in [5.41, 5.74) is 0.424. The summed E-state index contributed by atoms with van der Waals surface area (Å²) in [7, 11) is -7.10. The van der Waals surface area contributed by atoms with Crippen LogP contribution in [0.4, 0.5) is 11.6 Å². The lowest BCUT2D eigenvalue weighted by molar-refractivity contribution is -0.122. The van der Waals surface area contributed by atoms with Gasteiger partial charge in [0.1, 0.15) is 0 Å². The maximum absolute atomic E-state index is 12.3. The molecule has 1 saturated heterocycles. The second-order valence-electron chi connectivity index (χ2n) is 6.95. The highest BCUT2D eigenvalue weighted by atomic mass is 32.2.